The van der Waals surface area contributed by atoms with E-state index in [0.717, 1.165) is 39.1 Å². The summed E-state index contributed by atoms with van der Waals surface area (Å²) < 4.78 is 13.0. The van der Waals surface area contributed by atoms with Gasteiger partial charge in [0.25, 0.3) is 0 Å². The van der Waals surface area contributed by atoms with Crippen molar-refractivity contribution in [1.29, 1.82) is 0 Å². The first-order chi connectivity index (χ1) is 13.2. The molecule has 4 nitrogen and oxygen atoms in total. The Hall–Kier alpha value is -2.50. The fourth-order valence-corrected chi connectivity index (χ4v) is 3.72. The monoisotopic (exact) mass is 365 g/mol. The van der Waals surface area contributed by atoms with Gasteiger partial charge in [-0.05, 0) is 42.3 Å². The SMILES string of the molecule is O=C(CN1CCN(CCc2c[nH]c3ccccc23)CC1)c1ccc(F)cc1. The minimum atomic E-state index is -0.310. The van der Waals surface area contributed by atoms with E-state index in [0.29, 0.717) is 12.1 Å². The van der Waals surface area contributed by atoms with Gasteiger partial charge in [-0.2, -0.15) is 0 Å². The maximum Gasteiger partial charge on any atom is 0.176 e. The van der Waals surface area contributed by atoms with Crippen molar-refractivity contribution in [3.05, 3.63) is 71.7 Å². The van der Waals surface area contributed by atoms with Gasteiger partial charge in [0.2, 0.25) is 0 Å². The summed E-state index contributed by atoms with van der Waals surface area (Å²) >= 11 is 0. The molecule has 2 aromatic carbocycles. The number of carbonyl (C=O) groups is 1. The van der Waals surface area contributed by atoms with Crippen LogP contribution in [-0.2, 0) is 6.42 Å². The van der Waals surface area contributed by atoms with Gasteiger partial charge in [-0.3, -0.25) is 9.69 Å². The highest BCUT2D eigenvalue weighted by molar-refractivity contribution is 5.97. The molecule has 0 aliphatic carbocycles. The van der Waals surface area contributed by atoms with Gasteiger partial charge < -0.3 is 9.88 Å². The first-order valence-electron chi connectivity index (χ1n) is 9.47. The summed E-state index contributed by atoms with van der Waals surface area (Å²) in [6.07, 6.45) is 3.14. The van der Waals surface area contributed by atoms with Crippen LogP contribution < -0.4 is 0 Å². The predicted octanol–water partition coefficient (Wildman–Crippen LogP) is 3.35. The number of aromatic nitrogens is 1. The zero-order valence-corrected chi connectivity index (χ0v) is 15.3. The largest absolute Gasteiger partial charge is 0.361 e. The number of nitrogens with one attached hydrogen (secondary N) is 1. The van der Waals surface area contributed by atoms with E-state index in [2.05, 4.69) is 45.2 Å². The molecule has 2 heterocycles. The number of benzene rings is 2. The third-order valence-corrected chi connectivity index (χ3v) is 5.37. The highest BCUT2D eigenvalue weighted by Crippen LogP contribution is 2.18. The number of aromatic amines is 1. The van der Waals surface area contributed by atoms with Crippen molar-refractivity contribution in [3.8, 4) is 0 Å². The average molecular weight is 365 g/mol. The fourth-order valence-electron chi connectivity index (χ4n) is 3.72. The Kier molecular flexibility index (Phi) is 5.32. The number of piperazine rings is 1. The Morgan fingerprint density at radius 2 is 1.67 bits per heavy atom. The molecule has 0 radical (unpaired) electrons. The topological polar surface area (TPSA) is 39.3 Å². The van der Waals surface area contributed by atoms with Crippen LogP contribution in [-0.4, -0.2) is 59.8 Å². The fraction of sp³-hybridized carbons (Fsp3) is 0.318. The second-order valence-electron chi connectivity index (χ2n) is 7.16. The molecule has 140 valence electrons. The van der Waals surface area contributed by atoms with E-state index in [4.69, 9.17) is 0 Å². The first kappa shape index (κ1) is 17.9. The minimum Gasteiger partial charge on any atom is -0.361 e. The van der Waals surface area contributed by atoms with Crippen LogP contribution in [0.25, 0.3) is 10.9 Å². The number of H-pyrrole nitrogens is 1. The molecular formula is C22H24FN3O. The molecule has 4 rings (SSSR count). The number of para-hydroxylation sites is 1. The van der Waals surface area contributed by atoms with Gasteiger partial charge in [-0.1, -0.05) is 18.2 Å². The van der Waals surface area contributed by atoms with Crippen LogP contribution >= 0.6 is 0 Å². The molecule has 1 aromatic heterocycles. The lowest BCUT2D eigenvalue weighted by Crippen LogP contribution is -2.48. The molecule has 0 unspecified atom stereocenters. The Morgan fingerprint density at radius 1 is 0.963 bits per heavy atom. The van der Waals surface area contributed by atoms with Gasteiger partial charge in [-0.25, -0.2) is 4.39 Å². The zero-order chi connectivity index (χ0) is 18.6. The Morgan fingerprint density at radius 3 is 2.44 bits per heavy atom. The average Bonchev–Trinajstić information content (AvgIpc) is 3.11. The summed E-state index contributed by atoms with van der Waals surface area (Å²) in [7, 11) is 0. The van der Waals surface area contributed by atoms with Crippen LogP contribution in [0.15, 0.2) is 54.7 Å². The van der Waals surface area contributed by atoms with Crippen molar-refractivity contribution >= 4 is 16.7 Å². The third-order valence-electron chi connectivity index (χ3n) is 5.37. The van der Waals surface area contributed by atoms with Crippen LogP contribution in [0.1, 0.15) is 15.9 Å². The molecule has 27 heavy (non-hydrogen) atoms. The molecule has 5 heteroatoms. The molecule has 0 amide bonds. The number of hydrogen-bond acceptors (Lipinski definition) is 3. The molecule has 0 saturated carbocycles. The smallest absolute Gasteiger partial charge is 0.176 e. The standard InChI is InChI=1S/C22H24FN3O/c23-19-7-5-17(6-8-19)22(27)16-26-13-11-25(12-14-26)10-9-18-15-24-21-4-2-1-3-20(18)21/h1-8,15,24H,9-14,16H2. The summed E-state index contributed by atoms with van der Waals surface area (Å²) in [5.74, 6) is -0.252. The van der Waals surface area contributed by atoms with Gasteiger partial charge in [-0.15, -0.1) is 0 Å². The highest BCUT2D eigenvalue weighted by Gasteiger charge is 2.19. The zero-order valence-electron chi connectivity index (χ0n) is 15.3. The van der Waals surface area contributed by atoms with E-state index in [-0.39, 0.29) is 11.6 Å². The van der Waals surface area contributed by atoms with Gasteiger partial charge in [0.1, 0.15) is 5.82 Å². The molecule has 1 aliphatic heterocycles. The summed E-state index contributed by atoms with van der Waals surface area (Å²) in [5.41, 5.74) is 3.13. The maximum absolute atomic E-state index is 13.0. The maximum atomic E-state index is 13.0. The van der Waals surface area contributed by atoms with E-state index in [1.165, 1.54) is 28.6 Å². The second-order valence-corrected chi connectivity index (χ2v) is 7.16. The number of Topliss-reactive ketones (excluding diaryl/α,β-unsaturated/α-hetero) is 1. The number of halogens is 1. The lowest BCUT2D eigenvalue weighted by molar-refractivity contribution is 0.0854. The van der Waals surface area contributed by atoms with Crippen molar-refractivity contribution in [2.24, 2.45) is 0 Å². The molecule has 3 aromatic rings. The number of fused-ring (bicyclic) bond motifs is 1. The van der Waals surface area contributed by atoms with Gasteiger partial charge in [0.05, 0.1) is 6.54 Å². The Labute approximate surface area is 158 Å². The van der Waals surface area contributed by atoms with E-state index < -0.39 is 0 Å². The minimum absolute atomic E-state index is 0.0576. The number of hydrogen-bond donors (Lipinski definition) is 1. The van der Waals surface area contributed by atoms with E-state index >= 15 is 0 Å². The van der Waals surface area contributed by atoms with Crippen LogP contribution in [0.2, 0.25) is 0 Å². The molecule has 1 N–H and O–H groups in total. The molecular weight excluding hydrogens is 341 g/mol. The van der Waals surface area contributed by atoms with Crippen molar-refractivity contribution in [2.75, 3.05) is 39.3 Å². The molecule has 1 fully saturated rings. The van der Waals surface area contributed by atoms with Crippen LogP contribution in [0.3, 0.4) is 0 Å². The molecule has 0 atom stereocenters. The van der Waals surface area contributed by atoms with Crippen molar-refractivity contribution in [3.63, 3.8) is 0 Å². The lowest BCUT2D eigenvalue weighted by Gasteiger charge is -2.34. The molecule has 0 bridgehead atoms. The summed E-state index contributed by atoms with van der Waals surface area (Å²) in [4.78, 5) is 20.3. The van der Waals surface area contributed by atoms with E-state index in [1.807, 2.05) is 0 Å². The van der Waals surface area contributed by atoms with Crippen molar-refractivity contribution in [2.45, 2.75) is 6.42 Å². The lowest BCUT2D eigenvalue weighted by atomic mass is 10.1. The summed E-state index contributed by atoms with van der Waals surface area (Å²) in [6, 6.07) is 14.2. The number of carbonyl (C=O) groups excluding carboxylic acids is 1. The van der Waals surface area contributed by atoms with Crippen LogP contribution in [0.4, 0.5) is 4.39 Å². The van der Waals surface area contributed by atoms with Gasteiger partial charge >= 0.3 is 0 Å². The first-order valence-corrected chi connectivity index (χ1v) is 9.47. The molecule has 1 saturated heterocycles. The Balaban J connectivity index is 1.25. The predicted molar refractivity (Wildman–Crippen MR) is 106 cm³/mol. The number of rotatable bonds is 6. The molecule has 1 aliphatic rings. The summed E-state index contributed by atoms with van der Waals surface area (Å²) in [5, 5.41) is 1.31. The van der Waals surface area contributed by atoms with Crippen molar-refractivity contribution < 1.29 is 9.18 Å². The second kappa shape index (κ2) is 8.03. The van der Waals surface area contributed by atoms with Gasteiger partial charge in [0, 0.05) is 55.4 Å². The van der Waals surface area contributed by atoms with Crippen LogP contribution in [0, 0.1) is 5.82 Å². The van der Waals surface area contributed by atoms with Crippen LogP contribution in [0.5, 0.6) is 0 Å². The number of nitrogens with zero attached hydrogens (tertiary/aromatic N) is 2. The van der Waals surface area contributed by atoms with E-state index in [9.17, 15) is 9.18 Å². The highest BCUT2D eigenvalue weighted by atomic mass is 19.1. The Bertz CT molecular complexity index is 911. The van der Waals surface area contributed by atoms with Gasteiger partial charge in [0.15, 0.2) is 5.78 Å². The number of ketones is 1. The summed E-state index contributed by atoms with van der Waals surface area (Å²) in [6.45, 7) is 5.16. The van der Waals surface area contributed by atoms with Crippen molar-refractivity contribution in [1.82, 2.24) is 14.8 Å². The van der Waals surface area contributed by atoms with E-state index in [1.54, 1.807) is 12.1 Å². The normalized spacial score (nSPS) is 16.0. The molecule has 0 spiro atoms. The third kappa shape index (κ3) is 4.26. The quantitative estimate of drug-likeness (QED) is 0.681.